The Morgan fingerprint density at radius 1 is 1.28 bits per heavy atom. The van der Waals surface area contributed by atoms with Gasteiger partial charge in [-0.25, -0.2) is 0 Å². The lowest BCUT2D eigenvalue weighted by molar-refractivity contribution is 0.325. The lowest BCUT2D eigenvalue weighted by Crippen LogP contribution is -2.26. The predicted molar refractivity (Wildman–Crippen MR) is 79.2 cm³/mol. The van der Waals surface area contributed by atoms with Gasteiger partial charge in [-0.3, -0.25) is 0 Å². The van der Waals surface area contributed by atoms with E-state index in [1.54, 1.807) is 0 Å². The van der Waals surface area contributed by atoms with Gasteiger partial charge >= 0.3 is 0 Å². The molecule has 2 nitrogen and oxygen atoms in total. The minimum absolute atomic E-state index is 0.443. The molecule has 2 rings (SSSR count). The van der Waals surface area contributed by atoms with Crippen LogP contribution in [0.1, 0.15) is 38.7 Å². The highest BCUT2D eigenvalue weighted by Gasteiger charge is 2.24. The van der Waals surface area contributed by atoms with Gasteiger partial charge in [-0.2, -0.15) is 0 Å². The van der Waals surface area contributed by atoms with Crippen molar-refractivity contribution in [2.24, 2.45) is 11.1 Å². The van der Waals surface area contributed by atoms with Crippen LogP contribution in [0.25, 0.3) is 0 Å². The fraction of sp³-hybridized carbons (Fsp3) is 0.600. The number of rotatable bonds is 2. The van der Waals surface area contributed by atoms with Crippen molar-refractivity contribution in [2.45, 2.75) is 39.7 Å². The largest absolute Gasteiger partial charge is 0.370 e. The highest BCUT2D eigenvalue weighted by Crippen LogP contribution is 2.35. The molecule has 1 aromatic rings. The molecule has 1 heterocycles. The number of benzene rings is 1. The molecule has 0 aromatic heterocycles. The average Bonchev–Trinajstić information content (AvgIpc) is 2.50. The van der Waals surface area contributed by atoms with Gasteiger partial charge in [0.15, 0.2) is 0 Å². The molecule has 1 aromatic carbocycles. The number of para-hydroxylation sites is 1. The molecule has 100 valence electrons. The van der Waals surface area contributed by atoms with Gasteiger partial charge in [0.2, 0.25) is 0 Å². The van der Waals surface area contributed by atoms with Crippen molar-refractivity contribution in [3.05, 3.63) is 28.8 Å². The molecule has 0 amide bonds. The Labute approximate surface area is 115 Å². The Balaban J connectivity index is 2.26. The van der Waals surface area contributed by atoms with Gasteiger partial charge in [-0.15, -0.1) is 0 Å². The van der Waals surface area contributed by atoms with Gasteiger partial charge in [-0.1, -0.05) is 37.6 Å². The molecule has 3 heteroatoms. The number of hydrogen-bond donors (Lipinski definition) is 1. The van der Waals surface area contributed by atoms with Crippen LogP contribution in [0, 0.1) is 5.41 Å². The van der Waals surface area contributed by atoms with E-state index in [1.807, 2.05) is 12.1 Å². The lowest BCUT2D eigenvalue weighted by atomic mass is 9.85. The molecular formula is C15H23ClN2. The molecule has 0 saturated carbocycles. The van der Waals surface area contributed by atoms with E-state index in [9.17, 15) is 0 Å². The summed E-state index contributed by atoms with van der Waals surface area (Å²) in [4.78, 5) is 2.42. The summed E-state index contributed by atoms with van der Waals surface area (Å²) >= 11 is 6.37. The number of halogens is 1. The summed E-state index contributed by atoms with van der Waals surface area (Å²) in [7, 11) is 0. The maximum absolute atomic E-state index is 6.37. The Hall–Kier alpha value is -0.730. The summed E-state index contributed by atoms with van der Waals surface area (Å²) in [5.41, 5.74) is 8.58. The van der Waals surface area contributed by atoms with Gasteiger partial charge < -0.3 is 10.6 Å². The predicted octanol–water partition coefficient (Wildman–Crippen LogP) is 3.82. The number of anilines is 1. The summed E-state index contributed by atoms with van der Waals surface area (Å²) in [5, 5.41) is 0.831. The molecule has 2 N–H and O–H groups in total. The Morgan fingerprint density at radius 2 is 2.06 bits per heavy atom. The number of nitrogens with zero attached hydrogens (tertiary/aromatic N) is 1. The van der Waals surface area contributed by atoms with Crippen molar-refractivity contribution in [1.29, 1.82) is 0 Å². The van der Waals surface area contributed by atoms with E-state index < -0.39 is 0 Å². The standard InChI is InChI=1S/C15H23ClN2/c1-15(2)7-4-9-18(10-8-15)14-12(11-17)5-3-6-13(14)16/h3,5-6H,4,7-11,17H2,1-2H3. The molecule has 1 fully saturated rings. The van der Waals surface area contributed by atoms with Gasteiger partial charge in [0, 0.05) is 19.6 Å². The molecule has 0 spiro atoms. The minimum atomic E-state index is 0.443. The highest BCUT2D eigenvalue weighted by molar-refractivity contribution is 6.33. The first-order valence-electron chi connectivity index (χ1n) is 6.76. The molecule has 0 aliphatic carbocycles. The van der Waals surface area contributed by atoms with Gasteiger partial charge in [0.25, 0.3) is 0 Å². The van der Waals surface area contributed by atoms with Crippen LogP contribution in [0.3, 0.4) is 0 Å². The maximum Gasteiger partial charge on any atom is 0.0642 e. The summed E-state index contributed by atoms with van der Waals surface area (Å²) in [6.45, 7) is 7.42. The second-order valence-corrected chi connectivity index (χ2v) is 6.36. The summed E-state index contributed by atoms with van der Waals surface area (Å²) < 4.78 is 0. The molecule has 0 radical (unpaired) electrons. The quantitative estimate of drug-likeness (QED) is 0.882. The maximum atomic E-state index is 6.37. The Kier molecular flexibility index (Phi) is 4.18. The molecule has 1 aliphatic heterocycles. The molecule has 0 unspecified atom stereocenters. The molecule has 18 heavy (non-hydrogen) atoms. The monoisotopic (exact) mass is 266 g/mol. The van der Waals surface area contributed by atoms with Crippen LogP contribution in [0.15, 0.2) is 18.2 Å². The summed E-state index contributed by atoms with van der Waals surface area (Å²) in [5.74, 6) is 0. The van der Waals surface area contributed by atoms with Crippen LogP contribution in [-0.2, 0) is 6.54 Å². The first-order chi connectivity index (χ1) is 8.53. The van der Waals surface area contributed by atoms with E-state index in [-0.39, 0.29) is 0 Å². The summed E-state index contributed by atoms with van der Waals surface area (Å²) in [6.07, 6.45) is 3.72. The topological polar surface area (TPSA) is 29.3 Å². The second-order valence-electron chi connectivity index (χ2n) is 5.96. The molecule has 0 bridgehead atoms. The van der Waals surface area contributed by atoms with E-state index in [4.69, 9.17) is 17.3 Å². The zero-order chi connectivity index (χ0) is 13.2. The van der Waals surface area contributed by atoms with Crippen molar-refractivity contribution in [3.8, 4) is 0 Å². The van der Waals surface area contributed by atoms with Crippen molar-refractivity contribution in [1.82, 2.24) is 0 Å². The van der Waals surface area contributed by atoms with E-state index >= 15 is 0 Å². The Morgan fingerprint density at radius 3 is 2.78 bits per heavy atom. The normalized spacial score (nSPS) is 19.7. The number of hydrogen-bond acceptors (Lipinski definition) is 2. The zero-order valence-corrected chi connectivity index (χ0v) is 12.1. The second kappa shape index (κ2) is 5.50. The van der Waals surface area contributed by atoms with E-state index in [2.05, 4.69) is 24.8 Å². The smallest absolute Gasteiger partial charge is 0.0642 e. The van der Waals surface area contributed by atoms with Gasteiger partial charge in [0.05, 0.1) is 10.7 Å². The third kappa shape index (κ3) is 2.99. The van der Waals surface area contributed by atoms with Gasteiger partial charge in [0.1, 0.15) is 0 Å². The van der Waals surface area contributed by atoms with E-state index in [1.165, 1.54) is 19.3 Å². The molecule has 0 atom stereocenters. The van der Waals surface area contributed by atoms with Crippen LogP contribution in [0.5, 0.6) is 0 Å². The van der Waals surface area contributed by atoms with E-state index in [0.717, 1.165) is 29.4 Å². The molecular weight excluding hydrogens is 244 g/mol. The van der Waals surface area contributed by atoms with Crippen molar-refractivity contribution in [3.63, 3.8) is 0 Å². The van der Waals surface area contributed by atoms with Crippen LogP contribution in [0.2, 0.25) is 5.02 Å². The third-order valence-corrected chi connectivity index (χ3v) is 4.25. The third-order valence-electron chi connectivity index (χ3n) is 3.95. The average molecular weight is 267 g/mol. The van der Waals surface area contributed by atoms with E-state index in [0.29, 0.717) is 12.0 Å². The SMILES string of the molecule is CC1(C)CCCN(c2c(Cl)cccc2CN)CC1. The van der Waals surface area contributed by atoms with Crippen LogP contribution in [-0.4, -0.2) is 13.1 Å². The van der Waals surface area contributed by atoms with Crippen molar-refractivity contribution < 1.29 is 0 Å². The minimum Gasteiger partial charge on any atom is -0.370 e. The fourth-order valence-electron chi connectivity index (χ4n) is 2.73. The van der Waals surface area contributed by atoms with Crippen molar-refractivity contribution in [2.75, 3.05) is 18.0 Å². The van der Waals surface area contributed by atoms with Crippen LogP contribution in [0.4, 0.5) is 5.69 Å². The Bertz CT molecular complexity index is 415. The summed E-state index contributed by atoms with van der Waals surface area (Å²) in [6, 6.07) is 6.03. The highest BCUT2D eigenvalue weighted by atomic mass is 35.5. The van der Waals surface area contributed by atoms with Crippen LogP contribution < -0.4 is 10.6 Å². The zero-order valence-electron chi connectivity index (χ0n) is 11.4. The van der Waals surface area contributed by atoms with Crippen molar-refractivity contribution >= 4 is 17.3 Å². The number of nitrogens with two attached hydrogens (primary N) is 1. The molecule has 1 saturated heterocycles. The van der Waals surface area contributed by atoms with Crippen LogP contribution >= 0.6 is 11.6 Å². The first-order valence-corrected chi connectivity index (χ1v) is 7.14. The fourth-order valence-corrected chi connectivity index (χ4v) is 3.04. The lowest BCUT2D eigenvalue weighted by Gasteiger charge is -2.27. The first kappa shape index (κ1) is 13.7. The molecule has 1 aliphatic rings. The van der Waals surface area contributed by atoms with Gasteiger partial charge in [-0.05, 0) is 36.3 Å².